The monoisotopic (exact) mass is 262 g/mol. The number of methoxy groups -OCH3 is 2. The van der Waals surface area contributed by atoms with Gasteiger partial charge in [-0.2, -0.15) is 0 Å². The number of carbonyl (C=O) groups excluding carboxylic acids is 2. The molecule has 0 radical (unpaired) electrons. The van der Waals surface area contributed by atoms with Crippen LogP contribution in [0.5, 0.6) is 0 Å². The second-order valence-electron chi connectivity index (χ2n) is 3.46. The quantitative estimate of drug-likeness (QED) is 0.588. The lowest BCUT2D eigenvalue weighted by atomic mass is 9.87. The smallest absolute Gasteiger partial charge is 0.310 e. The predicted molar refractivity (Wildman–Crippen MR) is 55.5 cm³/mol. The Kier molecular flexibility index (Phi) is 6.40. The third-order valence-electron chi connectivity index (χ3n) is 2.28. The molecular weight excluding hydrogens is 248 g/mol. The van der Waals surface area contributed by atoms with Crippen LogP contribution in [0.25, 0.3) is 0 Å². The number of carbonyl (C=O) groups is 4. The minimum absolute atomic E-state index is 0.709. The van der Waals surface area contributed by atoms with Crippen molar-refractivity contribution in [2.75, 3.05) is 14.2 Å². The number of aliphatic carboxylic acids is 2. The van der Waals surface area contributed by atoms with E-state index in [0.717, 1.165) is 14.2 Å². The molecule has 0 fully saturated rings. The van der Waals surface area contributed by atoms with E-state index in [4.69, 9.17) is 10.2 Å². The first kappa shape index (κ1) is 15.9. The number of hydrogen-bond donors (Lipinski definition) is 2. The minimum Gasteiger partial charge on any atom is -0.481 e. The summed E-state index contributed by atoms with van der Waals surface area (Å²) in [6.45, 7) is 0. The van der Waals surface area contributed by atoms with Crippen molar-refractivity contribution in [3.05, 3.63) is 0 Å². The highest BCUT2D eigenvalue weighted by molar-refractivity contribution is 5.87. The van der Waals surface area contributed by atoms with Crippen molar-refractivity contribution in [1.29, 1.82) is 0 Å². The van der Waals surface area contributed by atoms with Gasteiger partial charge in [0.05, 0.1) is 38.9 Å². The summed E-state index contributed by atoms with van der Waals surface area (Å²) < 4.78 is 8.73. The fourth-order valence-corrected chi connectivity index (χ4v) is 1.46. The molecule has 0 aromatic rings. The summed E-state index contributed by atoms with van der Waals surface area (Å²) in [5.41, 5.74) is 0. The molecule has 0 saturated heterocycles. The Balaban J connectivity index is 5.17. The average Bonchev–Trinajstić information content (AvgIpc) is 2.30. The first-order valence-electron chi connectivity index (χ1n) is 4.92. The van der Waals surface area contributed by atoms with Gasteiger partial charge in [-0.1, -0.05) is 0 Å². The molecule has 0 unspecified atom stereocenters. The summed E-state index contributed by atoms with van der Waals surface area (Å²) >= 11 is 0. The molecule has 2 N–H and O–H groups in total. The standard InChI is InChI=1S/C10H14O8/c1-17-9(15)5(3-7(11)12)6(4-8(13)14)10(16)18-2/h5-6H,3-4H2,1-2H3,(H,11,12)(H,13,14)/t5-,6-/m0/s1. The molecule has 0 saturated carbocycles. The van der Waals surface area contributed by atoms with E-state index < -0.39 is 48.6 Å². The number of hydrogen-bond acceptors (Lipinski definition) is 6. The zero-order valence-electron chi connectivity index (χ0n) is 9.91. The van der Waals surface area contributed by atoms with E-state index in [9.17, 15) is 19.2 Å². The van der Waals surface area contributed by atoms with Crippen LogP contribution in [0, 0.1) is 11.8 Å². The van der Waals surface area contributed by atoms with Gasteiger partial charge in [0.1, 0.15) is 0 Å². The number of carboxylic acid groups (broad SMARTS) is 2. The lowest BCUT2D eigenvalue weighted by molar-refractivity contribution is -0.163. The van der Waals surface area contributed by atoms with Gasteiger partial charge in [0.15, 0.2) is 0 Å². The summed E-state index contributed by atoms with van der Waals surface area (Å²) in [6, 6.07) is 0. The summed E-state index contributed by atoms with van der Waals surface area (Å²) in [6.07, 6.45) is -1.42. The van der Waals surface area contributed by atoms with Gasteiger partial charge in [0.2, 0.25) is 0 Å². The average molecular weight is 262 g/mol. The molecule has 0 amide bonds. The Bertz CT molecular complexity index is 314. The molecule has 0 heterocycles. The van der Waals surface area contributed by atoms with Crippen molar-refractivity contribution in [1.82, 2.24) is 0 Å². The van der Waals surface area contributed by atoms with Crippen LogP contribution in [0.3, 0.4) is 0 Å². The van der Waals surface area contributed by atoms with Crippen molar-refractivity contribution >= 4 is 23.9 Å². The Labute approximate surface area is 102 Å². The van der Waals surface area contributed by atoms with Crippen molar-refractivity contribution in [3.63, 3.8) is 0 Å². The Morgan fingerprint density at radius 1 is 0.833 bits per heavy atom. The van der Waals surface area contributed by atoms with Crippen LogP contribution >= 0.6 is 0 Å². The molecule has 0 rings (SSSR count). The molecule has 0 spiro atoms. The summed E-state index contributed by atoms with van der Waals surface area (Å²) in [5.74, 6) is -7.40. The lowest BCUT2D eigenvalue weighted by Crippen LogP contribution is -2.35. The largest absolute Gasteiger partial charge is 0.481 e. The Hall–Kier alpha value is -2.12. The van der Waals surface area contributed by atoms with Crippen LogP contribution in [0.1, 0.15) is 12.8 Å². The number of rotatable bonds is 7. The van der Waals surface area contributed by atoms with Crippen LogP contribution in [0.2, 0.25) is 0 Å². The Morgan fingerprint density at radius 2 is 1.11 bits per heavy atom. The second-order valence-corrected chi connectivity index (χ2v) is 3.46. The summed E-state index contributed by atoms with van der Waals surface area (Å²) in [5, 5.41) is 17.3. The van der Waals surface area contributed by atoms with Crippen LogP contribution in [0.4, 0.5) is 0 Å². The normalized spacial score (nSPS) is 13.2. The van der Waals surface area contributed by atoms with Crippen molar-refractivity contribution in [3.8, 4) is 0 Å². The predicted octanol–water partition coefficient (Wildman–Crippen LogP) is -0.486. The molecule has 102 valence electrons. The maximum absolute atomic E-state index is 11.4. The number of esters is 2. The van der Waals surface area contributed by atoms with Crippen molar-refractivity contribution in [2.24, 2.45) is 11.8 Å². The molecule has 18 heavy (non-hydrogen) atoms. The van der Waals surface area contributed by atoms with E-state index in [1.165, 1.54) is 0 Å². The third kappa shape index (κ3) is 4.81. The molecule has 0 aliphatic carbocycles. The third-order valence-corrected chi connectivity index (χ3v) is 2.28. The van der Waals surface area contributed by atoms with Gasteiger partial charge in [0.25, 0.3) is 0 Å². The molecular formula is C10H14O8. The molecule has 0 aliphatic rings. The Morgan fingerprint density at radius 3 is 1.28 bits per heavy atom. The van der Waals surface area contributed by atoms with Crippen LogP contribution in [-0.4, -0.2) is 48.3 Å². The SMILES string of the molecule is COC(=O)[C@@H](CC(=O)O)[C@H](CC(=O)O)C(=O)OC. The van der Waals surface area contributed by atoms with Crippen molar-refractivity contribution < 1.29 is 38.9 Å². The summed E-state index contributed by atoms with van der Waals surface area (Å²) in [7, 11) is 2.04. The van der Waals surface area contributed by atoms with E-state index >= 15 is 0 Å². The fraction of sp³-hybridized carbons (Fsp3) is 0.600. The highest BCUT2D eigenvalue weighted by atomic mass is 16.5. The van der Waals surface area contributed by atoms with Gasteiger partial charge < -0.3 is 19.7 Å². The zero-order chi connectivity index (χ0) is 14.3. The van der Waals surface area contributed by atoms with Gasteiger partial charge >= 0.3 is 23.9 Å². The van der Waals surface area contributed by atoms with Gasteiger partial charge in [-0.25, -0.2) is 0 Å². The van der Waals surface area contributed by atoms with Crippen LogP contribution in [0.15, 0.2) is 0 Å². The van der Waals surface area contributed by atoms with Gasteiger partial charge in [-0.3, -0.25) is 19.2 Å². The molecule has 0 aliphatic heterocycles. The first-order chi connectivity index (χ1) is 8.33. The topological polar surface area (TPSA) is 127 Å². The molecule has 0 aromatic carbocycles. The summed E-state index contributed by atoms with van der Waals surface area (Å²) in [4.78, 5) is 44.1. The molecule has 8 nitrogen and oxygen atoms in total. The highest BCUT2D eigenvalue weighted by Gasteiger charge is 2.38. The van der Waals surface area contributed by atoms with E-state index in [-0.39, 0.29) is 0 Å². The minimum atomic E-state index is -1.39. The van der Waals surface area contributed by atoms with E-state index in [1.807, 2.05) is 0 Å². The molecule has 2 atom stereocenters. The molecule has 8 heteroatoms. The maximum Gasteiger partial charge on any atom is 0.310 e. The van der Waals surface area contributed by atoms with E-state index in [1.54, 1.807) is 0 Å². The second kappa shape index (κ2) is 7.25. The van der Waals surface area contributed by atoms with Gasteiger partial charge in [-0.05, 0) is 0 Å². The lowest BCUT2D eigenvalue weighted by Gasteiger charge is -2.20. The molecule has 0 aromatic heterocycles. The molecule has 0 bridgehead atoms. The first-order valence-corrected chi connectivity index (χ1v) is 4.92. The van der Waals surface area contributed by atoms with Crippen LogP contribution < -0.4 is 0 Å². The van der Waals surface area contributed by atoms with Gasteiger partial charge in [0, 0.05) is 0 Å². The van der Waals surface area contributed by atoms with E-state index in [0.29, 0.717) is 0 Å². The highest BCUT2D eigenvalue weighted by Crippen LogP contribution is 2.23. The number of carboxylic acids is 2. The zero-order valence-corrected chi connectivity index (χ0v) is 9.91. The number of ether oxygens (including phenoxy) is 2. The van der Waals surface area contributed by atoms with Crippen molar-refractivity contribution in [2.45, 2.75) is 12.8 Å². The maximum atomic E-state index is 11.4. The van der Waals surface area contributed by atoms with Gasteiger partial charge in [-0.15, -0.1) is 0 Å². The fourth-order valence-electron chi connectivity index (χ4n) is 1.46. The van der Waals surface area contributed by atoms with E-state index in [2.05, 4.69) is 9.47 Å². The van der Waals surface area contributed by atoms with Crippen LogP contribution in [-0.2, 0) is 28.7 Å².